The number of carbonyl (C=O) groups excluding carboxylic acids is 1. The van der Waals surface area contributed by atoms with E-state index >= 15 is 0 Å². The van der Waals surface area contributed by atoms with Gasteiger partial charge < -0.3 is 26.2 Å². The first-order chi connectivity index (χ1) is 15.8. The number of nitrogen functional groups attached to an aromatic ring is 1. The summed E-state index contributed by atoms with van der Waals surface area (Å²) in [6.45, 7) is 6.09. The first-order valence-corrected chi connectivity index (χ1v) is 10.6. The number of carboxylic acid groups (broad SMARTS) is 1. The number of carboxylic acids is 1. The minimum Gasteiger partial charge on any atom is -0.481 e. The van der Waals surface area contributed by atoms with Crippen molar-refractivity contribution >= 4 is 41.2 Å². The average molecular weight is 474 g/mol. The molecular formula is C21H31N9O4. The summed E-state index contributed by atoms with van der Waals surface area (Å²) in [6.07, 6.45) is 1.88. The zero-order valence-corrected chi connectivity index (χ0v) is 19.8. The van der Waals surface area contributed by atoms with E-state index in [1.165, 1.54) is 18.1 Å². The molecule has 0 unspecified atom stereocenters. The Bertz CT molecular complexity index is 1040. The Hall–Kier alpha value is -3.90. The number of nitrogens with zero attached hydrogens (tertiary/aromatic N) is 5. The van der Waals surface area contributed by atoms with Gasteiger partial charge in [-0.3, -0.25) is 25.4 Å². The molecule has 0 spiro atoms. The first kappa shape index (κ1) is 26.4. The number of piperidine rings is 1. The van der Waals surface area contributed by atoms with Crippen LogP contribution in [0.15, 0.2) is 16.2 Å². The molecular weight excluding hydrogens is 442 g/mol. The molecule has 0 aliphatic carbocycles. The minimum absolute atomic E-state index is 0.0405. The molecule has 2 heterocycles. The molecule has 1 saturated heterocycles. The van der Waals surface area contributed by atoms with Gasteiger partial charge in [-0.1, -0.05) is 20.8 Å². The molecule has 0 radical (unpaired) electrons. The molecule has 1 fully saturated rings. The molecule has 34 heavy (non-hydrogen) atoms. The molecule has 13 heteroatoms. The van der Waals surface area contributed by atoms with Crippen LogP contribution in [0.4, 0.5) is 5.82 Å². The molecule has 1 aromatic rings. The quantitative estimate of drug-likeness (QED) is 0.234. The molecule has 0 atom stereocenters. The molecule has 0 aromatic carbocycles. The Morgan fingerprint density at radius 1 is 1.29 bits per heavy atom. The van der Waals surface area contributed by atoms with E-state index in [9.17, 15) is 9.59 Å². The third-order valence-corrected chi connectivity index (χ3v) is 5.15. The van der Waals surface area contributed by atoms with Gasteiger partial charge in [-0.25, -0.2) is 15.0 Å². The Morgan fingerprint density at radius 2 is 1.91 bits per heavy atom. The van der Waals surface area contributed by atoms with Crippen molar-refractivity contribution in [2.24, 2.45) is 27.1 Å². The molecule has 1 aliphatic heterocycles. The highest BCUT2D eigenvalue weighted by atomic mass is 16.5. The number of hydrogen-bond acceptors (Lipinski definition) is 9. The number of likely N-dealkylation sites (tertiary alicyclic amines) is 1. The predicted molar refractivity (Wildman–Crippen MR) is 127 cm³/mol. The summed E-state index contributed by atoms with van der Waals surface area (Å²) in [7, 11) is 1.51. The van der Waals surface area contributed by atoms with E-state index in [2.05, 4.69) is 20.0 Å². The van der Waals surface area contributed by atoms with Crippen molar-refractivity contribution in [3.63, 3.8) is 0 Å². The lowest BCUT2D eigenvalue weighted by Crippen LogP contribution is -2.42. The third-order valence-electron chi connectivity index (χ3n) is 5.15. The second kappa shape index (κ2) is 10.8. The SMILES string of the molecule is CN=C(N=C(N)C1CCN(C(=O)CC(=O)O)CC1)c1cnc(N)c(C(=N)OC(=N)C(C)(C)C)n1. The molecule has 1 amide bonds. The van der Waals surface area contributed by atoms with Crippen molar-refractivity contribution in [3.05, 3.63) is 17.6 Å². The number of rotatable bonds is 5. The van der Waals surface area contributed by atoms with Gasteiger partial charge in [-0.15, -0.1) is 0 Å². The smallest absolute Gasteiger partial charge is 0.312 e. The highest BCUT2D eigenvalue weighted by Gasteiger charge is 2.27. The summed E-state index contributed by atoms with van der Waals surface area (Å²) >= 11 is 0. The fourth-order valence-corrected chi connectivity index (χ4v) is 3.08. The fourth-order valence-electron chi connectivity index (χ4n) is 3.08. The van der Waals surface area contributed by atoms with E-state index in [1.54, 1.807) is 20.8 Å². The standard InChI is InChI=1S/C21H31N9O4/c1-21(2,3)20(25)34-18(24)15-17(23)27-10-12(28-15)19(26-4)29-16(22)11-5-7-30(8-6-11)13(31)9-14(32)33/h10-11,24-25H,5-9H2,1-4H3,(H2,23,27)(H,32,33)(H2,22,26,29). The van der Waals surface area contributed by atoms with Crippen LogP contribution in [0.3, 0.4) is 0 Å². The number of nitrogens with two attached hydrogens (primary N) is 2. The van der Waals surface area contributed by atoms with Crippen LogP contribution >= 0.6 is 0 Å². The summed E-state index contributed by atoms with van der Waals surface area (Å²) in [4.78, 5) is 41.0. The van der Waals surface area contributed by atoms with Crippen LogP contribution in [-0.4, -0.2) is 75.5 Å². The largest absolute Gasteiger partial charge is 0.481 e. The van der Waals surface area contributed by atoms with Crippen molar-refractivity contribution < 1.29 is 19.4 Å². The normalized spacial score (nSPS) is 15.7. The predicted octanol–water partition coefficient (Wildman–Crippen LogP) is 0.871. The van der Waals surface area contributed by atoms with E-state index in [0.717, 1.165) is 0 Å². The monoisotopic (exact) mass is 473 g/mol. The first-order valence-electron chi connectivity index (χ1n) is 10.6. The van der Waals surface area contributed by atoms with Crippen LogP contribution in [-0.2, 0) is 14.3 Å². The molecule has 184 valence electrons. The van der Waals surface area contributed by atoms with Gasteiger partial charge in [0.15, 0.2) is 23.2 Å². The molecule has 0 bridgehead atoms. The van der Waals surface area contributed by atoms with Crippen LogP contribution < -0.4 is 11.5 Å². The summed E-state index contributed by atoms with van der Waals surface area (Å²) in [5.74, 6) is -1.81. The summed E-state index contributed by atoms with van der Waals surface area (Å²) in [5.41, 5.74) is 11.6. The number of aliphatic imine (C=N–C) groups is 2. The van der Waals surface area contributed by atoms with Gasteiger partial charge >= 0.3 is 5.97 Å². The Balaban J connectivity index is 2.15. The second-order valence-corrected chi connectivity index (χ2v) is 8.81. The molecule has 2 rings (SSSR count). The number of carbonyl (C=O) groups is 2. The topological polar surface area (TPSA) is 217 Å². The number of ether oxygens (including phenoxy) is 1. The van der Waals surface area contributed by atoms with Gasteiger partial charge in [0, 0.05) is 31.5 Å². The zero-order chi connectivity index (χ0) is 25.6. The van der Waals surface area contributed by atoms with E-state index in [1.807, 2.05) is 0 Å². The van der Waals surface area contributed by atoms with Gasteiger partial charge in [-0.05, 0) is 12.8 Å². The van der Waals surface area contributed by atoms with Gasteiger partial charge in [0.1, 0.15) is 18.0 Å². The number of amides is 1. The third kappa shape index (κ3) is 6.80. The zero-order valence-electron chi connectivity index (χ0n) is 19.8. The number of nitrogens with one attached hydrogen (secondary N) is 2. The number of aliphatic carboxylic acids is 1. The summed E-state index contributed by atoms with van der Waals surface area (Å²) in [5, 5.41) is 24.9. The number of anilines is 1. The van der Waals surface area contributed by atoms with Crippen LogP contribution in [0, 0.1) is 22.2 Å². The van der Waals surface area contributed by atoms with Crippen LogP contribution in [0.5, 0.6) is 0 Å². The number of hydrogen-bond donors (Lipinski definition) is 5. The van der Waals surface area contributed by atoms with Crippen LogP contribution in [0.25, 0.3) is 0 Å². The number of aromatic nitrogens is 2. The fraction of sp³-hybridized carbons (Fsp3) is 0.524. The van der Waals surface area contributed by atoms with Crippen LogP contribution in [0.2, 0.25) is 0 Å². The van der Waals surface area contributed by atoms with Crippen LogP contribution in [0.1, 0.15) is 51.4 Å². The average Bonchev–Trinajstić information content (AvgIpc) is 2.76. The van der Waals surface area contributed by atoms with Crippen molar-refractivity contribution in [1.29, 1.82) is 10.8 Å². The van der Waals surface area contributed by atoms with Gasteiger partial charge in [0.25, 0.3) is 0 Å². The van der Waals surface area contributed by atoms with Crippen molar-refractivity contribution in [1.82, 2.24) is 14.9 Å². The molecule has 7 N–H and O–H groups in total. The number of amidine groups is 2. The highest BCUT2D eigenvalue weighted by Crippen LogP contribution is 2.20. The van der Waals surface area contributed by atoms with E-state index in [-0.39, 0.29) is 34.9 Å². The lowest BCUT2D eigenvalue weighted by molar-refractivity contribution is -0.144. The Labute approximate surface area is 197 Å². The summed E-state index contributed by atoms with van der Waals surface area (Å²) < 4.78 is 5.29. The van der Waals surface area contributed by atoms with Crippen molar-refractivity contribution in [2.75, 3.05) is 25.9 Å². The maximum absolute atomic E-state index is 11.9. The molecule has 13 nitrogen and oxygen atoms in total. The van der Waals surface area contributed by atoms with Gasteiger partial charge in [-0.2, -0.15) is 0 Å². The molecule has 1 aromatic heterocycles. The summed E-state index contributed by atoms with van der Waals surface area (Å²) in [6, 6.07) is 0. The van der Waals surface area contributed by atoms with E-state index < -0.39 is 29.6 Å². The second-order valence-electron chi connectivity index (χ2n) is 8.81. The van der Waals surface area contributed by atoms with Gasteiger partial charge in [0.2, 0.25) is 11.8 Å². The van der Waals surface area contributed by atoms with E-state index in [0.29, 0.717) is 31.8 Å². The Morgan fingerprint density at radius 3 is 2.44 bits per heavy atom. The maximum Gasteiger partial charge on any atom is 0.312 e. The van der Waals surface area contributed by atoms with Gasteiger partial charge in [0.05, 0.1) is 6.20 Å². The Kier molecular flexibility index (Phi) is 8.38. The van der Waals surface area contributed by atoms with Crippen molar-refractivity contribution in [2.45, 2.75) is 40.0 Å². The molecule has 0 saturated carbocycles. The van der Waals surface area contributed by atoms with Crippen molar-refractivity contribution in [3.8, 4) is 0 Å². The minimum atomic E-state index is -1.16. The highest BCUT2D eigenvalue weighted by molar-refractivity contribution is 6.07. The molecule has 1 aliphatic rings. The lowest BCUT2D eigenvalue weighted by atomic mass is 9.95. The van der Waals surface area contributed by atoms with E-state index in [4.69, 9.17) is 32.1 Å². The maximum atomic E-state index is 11.9. The lowest BCUT2D eigenvalue weighted by Gasteiger charge is -2.31.